The normalized spacial score (nSPS) is 10.7. The maximum absolute atomic E-state index is 12.3. The van der Waals surface area contributed by atoms with Crippen LogP contribution in [0.4, 0.5) is 5.69 Å². The van der Waals surface area contributed by atoms with Crippen molar-refractivity contribution in [2.45, 2.75) is 13.5 Å². The molecule has 0 fully saturated rings. The first-order chi connectivity index (χ1) is 10.2. The Kier molecular flexibility index (Phi) is 3.69. The summed E-state index contributed by atoms with van der Waals surface area (Å²) in [6.07, 6.45) is 1.74. The Labute approximate surface area is 123 Å². The van der Waals surface area contributed by atoms with Gasteiger partial charge in [0.25, 0.3) is 5.56 Å². The highest BCUT2D eigenvalue weighted by molar-refractivity contribution is 5.80. The average Bonchev–Trinajstić information content (AvgIpc) is 2.50. The molecular weight excluding hydrogens is 262 g/mol. The number of anilines is 1. The molecule has 21 heavy (non-hydrogen) atoms. The predicted molar refractivity (Wildman–Crippen MR) is 85.7 cm³/mol. The lowest BCUT2D eigenvalue weighted by molar-refractivity contribution is 0.604. The Balaban J connectivity index is 1.74. The van der Waals surface area contributed by atoms with Gasteiger partial charge in [-0.2, -0.15) is 5.10 Å². The van der Waals surface area contributed by atoms with Crippen LogP contribution in [0.25, 0.3) is 10.8 Å². The number of hydrogen-bond acceptors (Lipinski definition) is 3. The van der Waals surface area contributed by atoms with Crippen LogP contribution in [0, 0.1) is 6.92 Å². The SMILES string of the molecule is Cc1cccc(NCCn2ncc3ccccc3c2=O)c1. The zero-order chi connectivity index (χ0) is 14.7. The summed E-state index contributed by atoms with van der Waals surface area (Å²) in [6, 6.07) is 15.7. The van der Waals surface area contributed by atoms with Gasteiger partial charge in [0.2, 0.25) is 0 Å². The molecule has 1 aromatic heterocycles. The van der Waals surface area contributed by atoms with Crippen LogP contribution in [0.5, 0.6) is 0 Å². The first-order valence-electron chi connectivity index (χ1n) is 6.99. The molecule has 0 amide bonds. The Morgan fingerprint density at radius 1 is 1.14 bits per heavy atom. The minimum absolute atomic E-state index is 0.0425. The molecular formula is C17H17N3O. The first kappa shape index (κ1) is 13.4. The van der Waals surface area contributed by atoms with Gasteiger partial charge in [-0.25, -0.2) is 4.68 Å². The van der Waals surface area contributed by atoms with E-state index >= 15 is 0 Å². The van der Waals surface area contributed by atoms with Gasteiger partial charge in [0.1, 0.15) is 0 Å². The number of benzene rings is 2. The van der Waals surface area contributed by atoms with Gasteiger partial charge in [-0.1, -0.05) is 30.3 Å². The number of fused-ring (bicyclic) bond motifs is 1. The van der Waals surface area contributed by atoms with E-state index in [0.717, 1.165) is 11.1 Å². The molecule has 4 nitrogen and oxygen atoms in total. The van der Waals surface area contributed by atoms with Crippen molar-refractivity contribution in [2.75, 3.05) is 11.9 Å². The van der Waals surface area contributed by atoms with E-state index in [2.05, 4.69) is 29.5 Å². The Morgan fingerprint density at radius 2 is 2.00 bits per heavy atom. The van der Waals surface area contributed by atoms with E-state index in [1.165, 1.54) is 10.2 Å². The van der Waals surface area contributed by atoms with Crippen LogP contribution in [-0.4, -0.2) is 16.3 Å². The fourth-order valence-electron chi connectivity index (χ4n) is 2.35. The van der Waals surface area contributed by atoms with Crippen molar-refractivity contribution in [3.8, 4) is 0 Å². The van der Waals surface area contributed by atoms with Crippen molar-refractivity contribution in [3.05, 3.63) is 70.6 Å². The van der Waals surface area contributed by atoms with E-state index < -0.39 is 0 Å². The van der Waals surface area contributed by atoms with Crippen molar-refractivity contribution >= 4 is 16.5 Å². The fraction of sp³-hybridized carbons (Fsp3) is 0.176. The third-order valence-corrected chi connectivity index (χ3v) is 3.43. The molecule has 106 valence electrons. The second-order valence-corrected chi connectivity index (χ2v) is 5.06. The first-order valence-corrected chi connectivity index (χ1v) is 6.99. The molecule has 2 aromatic carbocycles. The lowest BCUT2D eigenvalue weighted by Gasteiger charge is -2.09. The second kappa shape index (κ2) is 5.79. The molecule has 0 unspecified atom stereocenters. The van der Waals surface area contributed by atoms with Crippen LogP contribution in [0.15, 0.2) is 59.5 Å². The number of aryl methyl sites for hydroxylation is 1. The highest BCUT2D eigenvalue weighted by Crippen LogP contribution is 2.09. The van der Waals surface area contributed by atoms with E-state index in [4.69, 9.17) is 0 Å². The zero-order valence-electron chi connectivity index (χ0n) is 11.9. The van der Waals surface area contributed by atoms with Crippen LogP contribution in [0.1, 0.15) is 5.56 Å². The molecule has 3 rings (SSSR count). The highest BCUT2D eigenvalue weighted by Gasteiger charge is 2.02. The second-order valence-electron chi connectivity index (χ2n) is 5.06. The lowest BCUT2D eigenvalue weighted by atomic mass is 10.2. The molecule has 0 aliphatic rings. The maximum atomic E-state index is 12.3. The van der Waals surface area contributed by atoms with Gasteiger partial charge < -0.3 is 5.32 Å². The van der Waals surface area contributed by atoms with E-state index in [1.54, 1.807) is 6.20 Å². The summed E-state index contributed by atoms with van der Waals surface area (Å²) in [7, 11) is 0. The number of nitrogens with zero attached hydrogens (tertiary/aromatic N) is 2. The molecule has 0 saturated carbocycles. The molecule has 0 aliphatic carbocycles. The van der Waals surface area contributed by atoms with Gasteiger partial charge in [-0.3, -0.25) is 4.79 Å². The van der Waals surface area contributed by atoms with Gasteiger partial charge in [-0.05, 0) is 30.7 Å². The van der Waals surface area contributed by atoms with Gasteiger partial charge in [0.15, 0.2) is 0 Å². The summed E-state index contributed by atoms with van der Waals surface area (Å²) in [6.45, 7) is 3.26. The number of aromatic nitrogens is 2. The standard InChI is InChI=1S/C17H17N3O/c1-13-5-4-7-15(11-13)18-9-10-20-17(21)16-8-3-2-6-14(16)12-19-20/h2-8,11-12,18H,9-10H2,1H3. The molecule has 0 spiro atoms. The Morgan fingerprint density at radius 3 is 2.86 bits per heavy atom. The molecule has 3 aromatic rings. The average molecular weight is 279 g/mol. The van der Waals surface area contributed by atoms with Crippen molar-refractivity contribution in [1.82, 2.24) is 9.78 Å². The Hall–Kier alpha value is -2.62. The molecule has 1 heterocycles. The van der Waals surface area contributed by atoms with E-state index in [9.17, 15) is 4.79 Å². The molecule has 0 atom stereocenters. The summed E-state index contributed by atoms with van der Waals surface area (Å²) in [4.78, 5) is 12.3. The molecule has 1 N–H and O–H groups in total. The fourth-order valence-corrected chi connectivity index (χ4v) is 2.35. The maximum Gasteiger partial charge on any atom is 0.274 e. The van der Waals surface area contributed by atoms with Gasteiger partial charge >= 0.3 is 0 Å². The molecule has 0 saturated heterocycles. The van der Waals surface area contributed by atoms with Gasteiger partial charge in [0, 0.05) is 17.6 Å². The van der Waals surface area contributed by atoms with E-state index in [1.807, 2.05) is 36.4 Å². The summed E-state index contributed by atoms with van der Waals surface area (Å²) in [5.41, 5.74) is 2.23. The van der Waals surface area contributed by atoms with Crippen LogP contribution >= 0.6 is 0 Å². The van der Waals surface area contributed by atoms with Crippen LogP contribution < -0.4 is 10.9 Å². The molecule has 0 aliphatic heterocycles. The topological polar surface area (TPSA) is 46.9 Å². The van der Waals surface area contributed by atoms with Crippen molar-refractivity contribution < 1.29 is 0 Å². The minimum Gasteiger partial charge on any atom is -0.383 e. The van der Waals surface area contributed by atoms with Gasteiger partial charge in [-0.15, -0.1) is 0 Å². The number of nitrogens with one attached hydrogen (secondary N) is 1. The van der Waals surface area contributed by atoms with E-state index in [0.29, 0.717) is 18.5 Å². The number of rotatable bonds is 4. The Bertz CT molecular complexity index is 823. The highest BCUT2D eigenvalue weighted by atomic mass is 16.1. The van der Waals surface area contributed by atoms with Crippen LogP contribution in [-0.2, 0) is 6.54 Å². The summed E-state index contributed by atoms with van der Waals surface area (Å²) >= 11 is 0. The molecule has 0 bridgehead atoms. The molecule has 4 heteroatoms. The third-order valence-electron chi connectivity index (χ3n) is 3.43. The summed E-state index contributed by atoms with van der Waals surface area (Å²) in [5, 5.41) is 9.12. The van der Waals surface area contributed by atoms with Crippen molar-refractivity contribution in [3.63, 3.8) is 0 Å². The monoisotopic (exact) mass is 279 g/mol. The minimum atomic E-state index is -0.0425. The zero-order valence-corrected chi connectivity index (χ0v) is 11.9. The van der Waals surface area contributed by atoms with Crippen molar-refractivity contribution in [1.29, 1.82) is 0 Å². The quantitative estimate of drug-likeness (QED) is 0.799. The molecule has 0 radical (unpaired) electrons. The van der Waals surface area contributed by atoms with E-state index in [-0.39, 0.29) is 5.56 Å². The summed E-state index contributed by atoms with van der Waals surface area (Å²) < 4.78 is 1.51. The van der Waals surface area contributed by atoms with Crippen LogP contribution in [0.2, 0.25) is 0 Å². The lowest BCUT2D eigenvalue weighted by Crippen LogP contribution is -2.26. The van der Waals surface area contributed by atoms with Crippen LogP contribution in [0.3, 0.4) is 0 Å². The third kappa shape index (κ3) is 2.94. The smallest absolute Gasteiger partial charge is 0.274 e. The van der Waals surface area contributed by atoms with Crippen molar-refractivity contribution in [2.24, 2.45) is 0 Å². The largest absolute Gasteiger partial charge is 0.383 e. The predicted octanol–water partition coefficient (Wildman–Crippen LogP) is 2.82. The van der Waals surface area contributed by atoms with Gasteiger partial charge in [0.05, 0.1) is 18.1 Å². The number of hydrogen-bond donors (Lipinski definition) is 1. The summed E-state index contributed by atoms with van der Waals surface area (Å²) in [5.74, 6) is 0.